The number of imidazole rings is 1. The number of halogens is 2. The van der Waals surface area contributed by atoms with Crippen LogP contribution >= 0.6 is 11.6 Å². The standard InChI is InChI=1S/C27H29ClFN3O/c1-16-6-8-18(9-7-16)19-14-21(29)25(33-4)23(15-19)32-13-5-12-27(32,3)26-30-22-11-10-20(28)17(2)24(22)31-26/h6-11,14,19H,5,12-13,15H2,1-4H3,(H,30,31)/t19?,27-/m0/s1. The minimum Gasteiger partial charge on any atom is -0.492 e. The zero-order chi connectivity index (χ0) is 23.3. The van der Waals surface area contributed by atoms with Gasteiger partial charge in [0.1, 0.15) is 5.82 Å². The highest BCUT2D eigenvalue weighted by molar-refractivity contribution is 6.32. The predicted molar refractivity (Wildman–Crippen MR) is 131 cm³/mol. The van der Waals surface area contributed by atoms with Crippen molar-refractivity contribution in [2.24, 2.45) is 0 Å². The third-order valence-corrected chi connectivity index (χ3v) is 7.68. The molecule has 1 saturated heterocycles. The summed E-state index contributed by atoms with van der Waals surface area (Å²) in [6.45, 7) is 7.06. The molecule has 1 unspecified atom stereocenters. The molecule has 2 aliphatic rings. The Balaban J connectivity index is 1.57. The number of aromatic nitrogens is 2. The number of likely N-dealkylation sites (tertiary alicyclic amines) is 1. The molecule has 1 N–H and O–H groups in total. The predicted octanol–water partition coefficient (Wildman–Crippen LogP) is 7.04. The van der Waals surface area contributed by atoms with Gasteiger partial charge in [0, 0.05) is 23.9 Å². The Morgan fingerprint density at radius 1 is 1.18 bits per heavy atom. The highest BCUT2D eigenvalue weighted by Gasteiger charge is 2.44. The van der Waals surface area contributed by atoms with Crippen LogP contribution < -0.4 is 0 Å². The SMILES string of the molecule is COC1=C(N2CCC[C@@]2(C)c2nc3c(C)c(Cl)ccc3[nH]2)CC(c2ccc(C)cc2)C=C1F. The quantitative estimate of drug-likeness (QED) is 0.449. The number of aromatic amines is 1. The lowest BCUT2D eigenvalue weighted by atomic mass is 9.87. The summed E-state index contributed by atoms with van der Waals surface area (Å²) in [5, 5.41) is 0.707. The van der Waals surface area contributed by atoms with E-state index >= 15 is 4.39 Å². The minimum absolute atomic E-state index is 0.0407. The Morgan fingerprint density at radius 2 is 1.94 bits per heavy atom. The van der Waals surface area contributed by atoms with E-state index < -0.39 is 5.54 Å². The second-order valence-electron chi connectivity index (χ2n) is 9.40. The van der Waals surface area contributed by atoms with Gasteiger partial charge in [0.05, 0.1) is 29.4 Å². The van der Waals surface area contributed by atoms with Gasteiger partial charge in [-0.1, -0.05) is 41.4 Å². The van der Waals surface area contributed by atoms with Crippen molar-refractivity contribution in [2.75, 3.05) is 13.7 Å². The molecule has 6 heteroatoms. The van der Waals surface area contributed by atoms with Gasteiger partial charge in [0.2, 0.25) is 0 Å². The molecule has 1 aliphatic carbocycles. The molecule has 0 amide bonds. The molecule has 3 aromatic rings. The van der Waals surface area contributed by atoms with Crippen LogP contribution in [0.2, 0.25) is 5.02 Å². The molecular weight excluding hydrogens is 437 g/mol. The molecule has 2 aromatic carbocycles. The van der Waals surface area contributed by atoms with Crippen molar-refractivity contribution in [3.63, 3.8) is 0 Å². The second kappa shape index (κ2) is 8.21. The van der Waals surface area contributed by atoms with Crippen molar-refractivity contribution in [1.29, 1.82) is 0 Å². The van der Waals surface area contributed by atoms with E-state index in [1.54, 1.807) is 13.2 Å². The lowest BCUT2D eigenvalue weighted by Crippen LogP contribution is -2.40. The first kappa shape index (κ1) is 22.0. The Morgan fingerprint density at radius 3 is 2.67 bits per heavy atom. The Kier molecular flexibility index (Phi) is 5.48. The van der Waals surface area contributed by atoms with E-state index in [9.17, 15) is 0 Å². The van der Waals surface area contributed by atoms with E-state index in [0.717, 1.165) is 53.1 Å². The summed E-state index contributed by atoms with van der Waals surface area (Å²) in [6, 6.07) is 12.2. The van der Waals surface area contributed by atoms with Crippen molar-refractivity contribution in [3.05, 3.63) is 87.3 Å². The fourth-order valence-corrected chi connectivity index (χ4v) is 5.46. The van der Waals surface area contributed by atoms with Crippen LogP contribution in [0, 0.1) is 13.8 Å². The van der Waals surface area contributed by atoms with Crippen LogP contribution in [0.25, 0.3) is 11.0 Å². The monoisotopic (exact) mass is 465 g/mol. The average Bonchev–Trinajstić information content (AvgIpc) is 3.41. The summed E-state index contributed by atoms with van der Waals surface area (Å²) in [5.41, 5.74) is 5.63. The van der Waals surface area contributed by atoms with Crippen LogP contribution in [-0.4, -0.2) is 28.5 Å². The summed E-state index contributed by atoms with van der Waals surface area (Å²) in [4.78, 5) is 10.8. The summed E-state index contributed by atoms with van der Waals surface area (Å²) in [6.07, 6.45) is 4.28. The van der Waals surface area contributed by atoms with E-state index in [1.807, 2.05) is 19.1 Å². The van der Waals surface area contributed by atoms with Gasteiger partial charge in [-0.15, -0.1) is 0 Å². The number of fused-ring (bicyclic) bond motifs is 1. The van der Waals surface area contributed by atoms with Crippen LogP contribution in [0.1, 0.15) is 54.6 Å². The van der Waals surface area contributed by atoms with Crippen molar-refractivity contribution >= 4 is 22.6 Å². The van der Waals surface area contributed by atoms with Crippen molar-refractivity contribution in [1.82, 2.24) is 14.9 Å². The molecule has 1 aromatic heterocycles. The first-order chi connectivity index (χ1) is 15.8. The summed E-state index contributed by atoms with van der Waals surface area (Å²) >= 11 is 6.34. The highest BCUT2D eigenvalue weighted by atomic mass is 35.5. The number of rotatable bonds is 4. The number of ether oxygens (including phenoxy) is 1. The van der Waals surface area contributed by atoms with Gasteiger partial charge >= 0.3 is 0 Å². The molecule has 33 heavy (non-hydrogen) atoms. The first-order valence-corrected chi connectivity index (χ1v) is 11.8. The Bertz CT molecular complexity index is 1280. The molecule has 1 aliphatic heterocycles. The van der Waals surface area contributed by atoms with E-state index in [-0.39, 0.29) is 11.7 Å². The molecule has 2 heterocycles. The van der Waals surface area contributed by atoms with Gasteiger partial charge in [-0.05, 0) is 62.9 Å². The van der Waals surface area contributed by atoms with Crippen molar-refractivity contribution in [2.45, 2.75) is 51.5 Å². The van der Waals surface area contributed by atoms with Gasteiger partial charge in [0.25, 0.3) is 0 Å². The molecule has 172 valence electrons. The maximum absolute atomic E-state index is 15.3. The molecule has 1 fully saturated rings. The lowest BCUT2D eigenvalue weighted by Gasteiger charge is -2.40. The van der Waals surface area contributed by atoms with Crippen molar-refractivity contribution < 1.29 is 9.13 Å². The van der Waals surface area contributed by atoms with Gasteiger partial charge in [-0.2, -0.15) is 0 Å². The number of nitrogens with one attached hydrogen (secondary N) is 1. The molecular formula is C27H29ClFN3O. The molecule has 0 bridgehead atoms. The fourth-order valence-electron chi connectivity index (χ4n) is 5.31. The van der Waals surface area contributed by atoms with Crippen LogP contribution in [0.4, 0.5) is 4.39 Å². The zero-order valence-corrected chi connectivity index (χ0v) is 20.3. The topological polar surface area (TPSA) is 41.1 Å². The molecule has 0 spiro atoms. The number of hydrogen-bond donors (Lipinski definition) is 1. The normalized spacial score (nSPS) is 23.4. The van der Waals surface area contributed by atoms with Gasteiger partial charge in [0.15, 0.2) is 11.6 Å². The third kappa shape index (κ3) is 3.63. The largest absolute Gasteiger partial charge is 0.492 e. The van der Waals surface area contributed by atoms with Gasteiger partial charge < -0.3 is 14.6 Å². The van der Waals surface area contributed by atoms with Gasteiger partial charge in [-0.3, -0.25) is 0 Å². The van der Waals surface area contributed by atoms with Gasteiger partial charge in [-0.25, -0.2) is 9.37 Å². The molecule has 5 rings (SSSR count). The van der Waals surface area contributed by atoms with E-state index in [2.05, 4.69) is 48.0 Å². The maximum atomic E-state index is 15.3. The summed E-state index contributed by atoms with van der Waals surface area (Å²) in [5.74, 6) is 0.874. The first-order valence-electron chi connectivity index (χ1n) is 11.5. The molecule has 2 atom stereocenters. The van der Waals surface area contributed by atoms with Crippen molar-refractivity contribution in [3.8, 4) is 0 Å². The van der Waals surface area contributed by atoms with E-state index in [0.29, 0.717) is 17.2 Å². The van der Waals surface area contributed by atoms with Crippen LogP contribution in [-0.2, 0) is 10.3 Å². The minimum atomic E-state index is -0.396. The van der Waals surface area contributed by atoms with Crippen LogP contribution in [0.3, 0.4) is 0 Å². The molecule has 0 radical (unpaired) electrons. The number of hydrogen-bond acceptors (Lipinski definition) is 3. The number of benzene rings is 2. The third-order valence-electron chi connectivity index (χ3n) is 7.27. The molecule has 0 saturated carbocycles. The number of aryl methyl sites for hydroxylation is 2. The summed E-state index contributed by atoms with van der Waals surface area (Å²) in [7, 11) is 1.55. The maximum Gasteiger partial charge on any atom is 0.173 e. The average molecular weight is 466 g/mol. The summed E-state index contributed by atoms with van der Waals surface area (Å²) < 4.78 is 20.9. The van der Waals surface area contributed by atoms with Crippen LogP contribution in [0.5, 0.6) is 0 Å². The van der Waals surface area contributed by atoms with E-state index in [1.165, 1.54) is 5.56 Å². The smallest absolute Gasteiger partial charge is 0.173 e. The number of H-pyrrole nitrogens is 1. The van der Waals surface area contributed by atoms with Crippen LogP contribution in [0.15, 0.2) is 59.8 Å². The lowest BCUT2D eigenvalue weighted by molar-refractivity contribution is 0.163. The Hall–Kier alpha value is -2.79. The highest BCUT2D eigenvalue weighted by Crippen LogP contribution is 2.46. The van der Waals surface area contributed by atoms with E-state index in [4.69, 9.17) is 21.3 Å². The second-order valence-corrected chi connectivity index (χ2v) is 9.81. The Labute approximate surface area is 199 Å². The number of methoxy groups -OCH3 is 1. The fraction of sp³-hybridized carbons (Fsp3) is 0.370. The molecule has 4 nitrogen and oxygen atoms in total. The number of allylic oxidation sites excluding steroid dienone is 3. The zero-order valence-electron chi connectivity index (χ0n) is 19.5. The number of nitrogens with zero attached hydrogens (tertiary/aromatic N) is 2.